The fraction of sp³-hybridized carbons (Fsp3) is 0.368. The second kappa shape index (κ2) is 8.53. The van der Waals surface area contributed by atoms with E-state index in [2.05, 4.69) is 62.4 Å². The lowest BCUT2D eigenvalue weighted by molar-refractivity contribution is 0.918. The van der Waals surface area contributed by atoms with Crippen molar-refractivity contribution in [3.8, 4) is 0 Å². The van der Waals surface area contributed by atoms with Crippen molar-refractivity contribution in [2.45, 2.75) is 47.0 Å². The summed E-state index contributed by atoms with van der Waals surface area (Å²) >= 11 is 0. The van der Waals surface area contributed by atoms with Crippen molar-refractivity contribution >= 4 is 0 Å². The van der Waals surface area contributed by atoms with Gasteiger partial charge in [0.25, 0.3) is 0 Å². The summed E-state index contributed by atoms with van der Waals surface area (Å²) in [6.07, 6.45) is 3.44. The summed E-state index contributed by atoms with van der Waals surface area (Å²) < 4.78 is 0. The van der Waals surface area contributed by atoms with Gasteiger partial charge in [0.05, 0.1) is 0 Å². The van der Waals surface area contributed by atoms with Crippen LogP contribution in [0.15, 0.2) is 48.5 Å². The maximum atomic E-state index is 2.34. The van der Waals surface area contributed by atoms with Crippen LogP contribution in [-0.2, 0) is 12.8 Å². The molecule has 0 amide bonds. The molecular formula is C19H26. The van der Waals surface area contributed by atoms with Crippen LogP contribution in [0.4, 0.5) is 0 Å². The van der Waals surface area contributed by atoms with Gasteiger partial charge in [0.1, 0.15) is 0 Å². The van der Waals surface area contributed by atoms with Gasteiger partial charge in [0, 0.05) is 0 Å². The highest BCUT2D eigenvalue weighted by atomic mass is 14.0. The number of rotatable bonds is 4. The molecule has 0 fully saturated rings. The van der Waals surface area contributed by atoms with Gasteiger partial charge in [0.2, 0.25) is 0 Å². The lowest BCUT2D eigenvalue weighted by Gasteiger charge is -2.05. The molecule has 0 aliphatic carbocycles. The van der Waals surface area contributed by atoms with E-state index in [-0.39, 0.29) is 0 Å². The largest absolute Gasteiger partial charge is 0.0683 e. The van der Waals surface area contributed by atoms with Crippen molar-refractivity contribution in [3.05, 3.63) is 70.8 Å². The minimum Gasteiger partial charge on any atom is -0.0683 e. The fourth-order valence-electron chi connectivity index (χ4n) is 2.24. The maximum absolute atomic E-state index is 2.34. The third-order valence-electron chi connectivity index (χ3n) is 3.02. The lowest BCUT2D eigenvalue weighted by Crippen LogP contribution is -1.91. The molecule has 0 spiro atoms. The second-order valence-electron chi connectivity index (χ2n) is 4.74. The van der Waals surface area contributed by atoms with Crippen molar-refractivity contribution in [1.82, 2.24) is 0 Å². The number of hydrogen-bond acceptors (Lipinski definition) is 0. The summed E-state index contributed by atoms with van der Waals surface area (Å²) in [7, 11) is 0. The molecule has 0 aliphatic heterocycles. The predicted molar refractivity (Wildman–Crippen MR) is 85.8 cm³/mol. The fourth-order valence-corrected chi connectivity index (χ4v) is 2.24. The summed E-state index contributed by atoms with van der Waals surface area (Å²) in [6, 6.07) is 17.7. The van der Waals surface area contributed by atoms with E-state index in [4.69, 9.17) is 0 Å². The summed E-state index contributed by atoms with van der Waals surface area (Å²) in [5.74, 6) is 0. The van der Waals surface area contributed by atoms with Gasteiger partial charge in [-0.1, -0.05) is 81.3 Å². The highest BCUT2D eigenvalue weighted by Crippen LogP contribution is 2.13. The van der Waals surface area contributed by atoms with Gasteiger partial charge in [-0.05, 0) is 36.5 Å². The predicted octanol–water partition coefficient (Wildman–Crippen LogP) is 5.56. The average Bonchev–Trinajstić information content (AvgIpc) is 2.42. The molecule has 0 heterocycles. The Morgan fingerprint density at radius 1 is 0.789 bits per heavy atom. The summed E-state index contributed by atoms with van der Waals surface area (Å²) in [4.78, 5) is 0. The maximum Gasteiger partial charge on any atom is -0.00256 e. The zero-order valence-electron chi connectivity index (χ0n) is 12.7. The van der Waals surface area contributed by atoms with Crippen molar-refractivity contribution < 1.29 is 0 Å². The van der Waals surface area contributed by atoms with Crippen molar-refractivity contribution in [2.75, 3.05) is 0 Å². The van der Waals surface area contributed by atoms with Gasteiger partial charge in [0.15, 0.2) is 0 Å². The Labute approximate surface area is 118 Å². The Morgan fingerprint density at radius 2 is 1.37 bits per heavy atom. The van der Waals surface area contributed by atoms with E-state index >= 15 is 0 Å². The number of hydrogen-bond donors (Lipinski definition) is 0. The van der Waals surface area contributed by atoms with Gasteiger partial charge in [-0.2, -0.15) is 0 Å². The lowest BCUT2D eigenvalue weighted by atomic mass is 10.0. The summed E-state index contributed by atoms with van der Waals surface area (Å²) in [5, 5.41) is 0. The first-order chi connectivity index (χ1) is 9.28. The van der Waals surface area contributed by atoms with Crippen molar-refractivity contribution in [1.29, 1.82) is 0 Å². The van der Waals surface area contributed by atoms with Crippen LogP contribution in [0.2, 0.25) is 0 Å². The third-order valence-corrected chi connectivity index (χ3v) is 3.02. The molecule has 0 bridgehead atoms. The van der Waals surface area contributed by atoms with Crippen LogP contribution in [0.1, 0.15) is 49.4 Å². The molecule has 102 valence electrons. The molecule has 0 saturated heterocycles. The monoisotopic (exact) mass is 254 g/mol. The van der Waals surface area contributed by atoms with Gasteiger partial charge in [-0.25, -0.2) is 0 Å². The Bertz CT molecular complexity index is 483. The molecule has 0 N–H and O–H groups in total. The first kappa shape index (κ1) is 15.5. The molecule has 0 aliphatic rings. The normalized spacial score (nSPS) is 9.68. The van der Waals surface area contributed by atoms with Crippen LogP contribution in [-0.4, -0.2) is 0 Å². The average molecular weight is 254 g/mol. The van der Waals surface area contributed by atoms with E-state index in [1.807, 2.05) is 13.8 Å². The molecule has 0 unspecified atom stereocenters. The van der Waals surface area contributed by atoms with E-state index in [1.54, 1.807) is 0 Å². The van der Waals surface area contributed by atoms with Gasteiger partial charge >= 0.3 is 0 Å². The van der Waals surface area contributed by atoms with E-state index in [0.717, 1.165) is 6.42 Å². The number of aryl methyl sites for hydroxylation is 2. The van der Waals surface area contributed by atoms with Crippen molar-refractivity contribution in [3.63, 3.8) is 0 Å². The molecule has 0 radical (unpaired) electrons. The zero-order chi connectivity index (χ0) is 14.1. The van der Waals surface area contributed by atoms with E-state index in [9.17, 15) is 0 Å². The Kier molecular flexibility index (Phi) is 6.95. The second-order valence-corrected chi connectivity index (χ2v) is 4.74. The van der Waals surface area contributed by atoms with E-state index < -0.39 is 0 Å². The van der Waals surface area contributed by atoms with Crippen LogP contribution < -0.4 is 0 Å². The Hall–Kier alpha value is -1.56. The zero-order valence-corrected chi connectivity index (χ0v) is 12.7. The summed E-state index contributed by atoms with van der Waals surface area (Å²) in [6.45, 7) is 8.38. The first-order valence-corrected chi connectivity index (χ1v) is 7.41. The van der Waals surface area contributed by atoms with Crippen LogP contribution in [0.25, 0.3) is 0 Å². The van der Waals surface area contributed by atoms with Gasteiger partial charge in [-0.3, -0.25) is 0 Å². The van der Waals surface area contributed by atoms with Crippen molar-refractivity contribution in [2.24, 2.45) is 0 Å². The Balaban J connectivity index is 0.000000861. The minimum absolute atomic E-state index is 1.04. The van der Waals surface area contributed by atoms with Gasteiger partial charge < -0.3 is 0 Å². The first-order valence-electron chi connectivity index (χ1n) is 7.41. The van der Waals surface area contributed by atoms with E-state index in [0.29, 0.717) is 0 Å². The van der Waals surface area contributed by atoms with Crippen LogP contribution in [0, 0.1) is 6.92 Å². The molecule has 19 heavy (non-hydrogen) atoms. The quantitative estimate of drug-likeness (QED) is 0.669. The molecule has 0 saturated carbocycles. The molecule has 2 rings (SSSR count). The molecule has 0 atom stereocenters. The highest BCUT2D eigenvalue weighted by molar-refractivity contribution is 5.31. The van der Waals surface area contributed by atoms with Crippen LogP contribution in [0.3, 0.4) is 0 Å². The molecule has 0 nitrogen and oxygen atoms in total. The topological polar surface area (TPSA) is 0 Å². The highest BCUT2D eigenvalue weighted by Gasteiger charge is 1.98. The smallest absolute Gasteiger partial charge is 0.00256 e. The molecular weight excluding hydrogens is 228 g/mol. The standard InChI is InChI=1S/C17H20.C2H6/c1-3-6-15-8-5-10-17(12-15)13-16-9-4-7-14(2)11-16;1-2/h4-5,7-12H,3,6,13H2,1-2H3;1-2H3. The van der Waals surface area contributed by atoms with Crippen LogP contribution >= 0.6 is 0 Å². The SMILES string of the molecule is CC.CCCc1cccc(Cc2cccc(C)c2)c1. The third kappa shape index (κ3) is 5.30. The summed E-state index contributed by atoms with van der Waals surface area (Å²) in [5.41, 5.74) is 5.62. The number of benzene rings is 2. The van der Waals surface area contributed by atoms with Crippen LogP contribution in [0.5, 0.6) is 0 Å². The molecule has 2 aromatic rings. The van der Waals surface area contributed by atoms with Gasteiger partial charge in [-0.15, -0.1) is 0 Å². The molecule has 0 aromatic heterocycles. The van der Waals surface area contributed by atoms with E-state index in [1.165, 1.54) is 35.1 Å². The minimum atomic E-state index is 1.04. The molecule has 2 aromatic carbocycles. The molecule has 0 heteroatoms. The Morgan fingerprint density at radius 3 is 2.00 bits per heavy atom.